The summed E-state index contributed by atoms with van der Waals surface area (Å²) in [5.41, 5.74) is 4.18. The molecule has 2 rings (SSSR count). The van der Waals surface area contributed by atoms with Crippen LogP contribution in [0.15, 0.2) is 23.6 Å². The van der Waals surface area contributed by atoms with Gasteiger partial charge in [-0.25, -0.2) is 9.37 Å². The number of halogens is 2. The van der Waals surface area contributed by atoms with Crippen molar-refractivity contribution in [3.63, 3.8) is 0 Å². The van der Waals surface area contributed by atoms with Crippen LogP contribution in [-0.2, 0) is 12.8 Å². The minimum Gasteiger partial charge on any atom is -0.271 e. The number of nitrogens with one attached hydrogen (secondary N) is 1. The first-order valence-electron chi connectivity index (χ1n) is 5.90. The standard InChI is InChI=1S/C13H15ClFN3S/c1-8-7-19-13(17-8)6-9(18-16)5-10-11(14)3-2-4-12(10)15/h2-4,7,9,18H,5-6,16H2,1H3. The summed E-state index contributed by atoms with van der Waals surface area (Å²) in [6.45, 7) is 1.94. The van der Waals surface area contributed by atoms with Crippen LogP contribution in [0.5, 0.6) is 0 Å². The summed E-state index contributed by atoms with van der Waals surface area (Å²) >= 11 is 7.59. The molecule has 0 aliphatic carbocycles. The van der Waals surface area contributed by atoms with Gasteiger partial charge in [-0.05, 0) is 25.5 Å². The van der Waals surface area contributed by atoms with E-state index < -0.39 is 0 Å². The van der Waals surface area contributed by atoms with Crippen LogP contribution in [0.3, 0.4) is 0 Å². The first-order chi connectivity index (χ1) is 9.10. The summed E-state index contributed by atoms with van der Waals surface area (Å²) in [6, 6.07) is 4.58. The Morgan fingerprint density at radius 2 is 2.26 bits per heavy atom. The van der Waals surface area contributed by atoms with Gasteiger partial charge in [0.05, 0.1) is 5.01 Å². The fraction of sp³-hybridized carbons (Fsp3) is 0.308. The average molecular weight is 300 g/mol. The van der Waals surface area contributed by atoms with Crippen molar-refractivity contribution in [1.82, 2.24) is 10.4 Å². The predicted octanol–water partition coefficient (Wildman–Crippen LogP) is 2.86. The zero-order valence-electron chi connectivity index (χ0n) is 10.5. The number of hydrogen-bond acceptors (Lipinski definition) is 4. The minimum atomic E-state index is -0.303. The molecule has 1 aromatic heterocycles. The molecule has 0 bridgehead atoms. The largest absolute Gasteiger partial charge is 0.271 e. The zero-order valence-corrected chi connectivity index (χ0v) is 12.1. The second-order valence-electron chi connectivity index (χ2n) is 4.35. The second-order valence-corrected chi connectivity index (χ2v) is 5.70. The van der Waals surface area contributed by atoms with Crippen molar-refractivity contribution >= 4 is 22.9 Å². The number of hydrogen-bond donors (Lipinski definition) is 2. The topological polar surface area (TPSA) is 50.9 Å². The summed E-state index contributed by atoms with van der Waals surface area (Å²) < 4.78 is 13.7. The molecule has 102 valence electrons. The van der Waals surface area contributed by atoms with Crippen LogP contribution in [0.4, 0.5) is 4.39 Å². The molecule has 0 aliphatic heterocycles. The Kier molecular flexibility index (Phi) is 4.87. The van der Waals surface area contributed by atoms with E-state index in [1.807, 2.05) is 12.3 Å². The van der Waals surface area contributed by atoms with Gasteiger partial charge in [-0.3, -0.25) is 11.3 Å². The van der Waals surface area contributed by atoms with Gasteiger partial charge in [-0.15, -0.1) is 11.3 Å². The van der Waals surface area contributed by atoms with Gasteiger partial charge in [0.2, 0.25) is 0 Å². The number of thiazole rings is 1. The highest BCUT2D eigenvalue weighted by Crippen LogP contribution is 2.22. The third kappa shape index (κ3) is 3.73. The van der Waals surface area contributed by atoms with Crippen molar-refractivity contribution in [3.8, 4) is 0 Å². The molecule has 0 aliphatic rings. The molecule has 0 radical (unpaired) electrons. The Balaban J connectivity index is 2.11. The maximum Gasteiger partial charge on any atom is 0.127 e. The van der Waals surface area contributed by atoms with E-state index in [1.54, 1.807) is 23.5 Å². The number of aromatic nitrogens is 1. The first-order valence-corrected chi connectivity index (χ1v) is 7.16. The molecule has 19 heavy (non-hydrogen) atoms. The summed E-state index contributed by atoms with van der Waals surface area (Å²) in [5, 5.41) is 3.39. The lowest BCUT2D eigenvalue weighted by Gasteiger charge is -2.15. The smallest absolute Gasteiger partial charge is 0.127 e. The maximum atomic E-state index is 13.7. The number of benzene rings is 1. The summed E-state index contributed by atoms with van der Waals surface area (Å²) in [7, 11) is 0. The highest BCUT2D eigenvalue weighted by Gasteiger charge is 2.15. The normalized spacial score (nSPS) is 12.6. The molecular formula is C13H15ClFN3S. The van der Waals surface area contributed by atoms with Gasteiger partial charge in [0.1, 0.15) is 5.82 Å². The molecule has 0 saturated heterocycles. The minimum absolute atomic E-state index is 0.0973. The summed E-state index contributed by atoms with van der Waals surface area (Å²) in [6.07, 6.45) is 1.08. The Labute approximate surface area is 120 Å². The lowest BCUT2D eigenvalue weighted by atomic mass is 10.0. The number of nitrogens with zero attached hydrogens (tertiary/aromatic N) is 1. The van der Waals surface area contributed by atoms with Crippen LogP contribution in [0.2, 0.25) is 5.02 Å². The number of rotatable bonds is 5. The molecule has 0 spiro atoms. The average Bonchev–Trinajstić information content (AvgIpc) is 2.78. The van der Waals surface area contributed by atoms with Crippen molar-refractivity contribution in [1.29, 1.82) is 0 Å². The van der Waals surface area contributed by atoms with Crippen LogP contribution in [0.25, 0.3) is 0 Å². The van der Waals surface area contributed by atoms with E-state index in [0.717, 1.165) is 10.7 Å². The van der Waals surface area contributed by atoms with E-state index in [1.165, 1.54) is 6.07 Å². The van der Waals surface area contributed by atoms with E-state index in [4.69, 9.17) is 17.4 Å². The fourth-order valence-electron chi connectivity index (χ4n) is 1.87. The lowest BCUT2D eigenvalue weighted by Crippen LogP contribution is -2.38. The van der Waals surface area contributed by atoms with Gasteiger partial charge in [0, 0.05) is 34.1 Å². The van der Waals surface area contributed by atoms with Crippen molar-refractivity contribution in [3.05, 3.63) is 50.7 Å². The molecule has 6 heteroatoms. The van der Waals surface area contributed by atoms with Gasteiger partial charge in [0.15, 0.2) is 0 Å². The van der Waals surface area contributed by atoms with E-state index in [9.17, 15) is 4.39 Å². The maximum absolute atomic E-state index is 13.7. The third-order valence-electron chi connectivity index (χ3n) is 2.84. The first kappa shape index (κ1) is 14.4. The van der Waals surface area contributed by atoms with E-state index in [2.05, 4.69) is 10.4 Å². The van der Waals surface area contributed by atoms with E-state index >= 15 is 0 Å². The van der Waals surface area contributed by atoms with Crippen LogP contribution in [0, 0.1) is 12.7 Å². The molecular weight excluding hydrogens is 285 g/mol. The molecule has 1 heterocycles. The molecule has 3 nitrogen and oxygen atoms in total. The van der Waals surface area contributed by atoms with Crippen molar-refractivity contribution < 1.29 is 4.39 Å². The second kappa shape index (κ2) is 6.43. The third-order valence-corrected chi connectivity index (χ3v) is 4.18. The van der Waals surface area contributed by atoms with Crippen molar-refractivity contribution in [2.24, 2.45) is 5.84 Å². The molecule has 0 saturated carbocycles. The van der Waals surface area contributed by atoms with Crippen LogP contribution in [-0.4, -0.2) is 11.0 Å². The zero-order chi connectivity index (χ0) is 13.8. The van der Waals surface area contributed by atoms with Gasteiger partial charge < -0.3 is 0 Å². The van der Waals surface area contributed by atoms with Gasteiger partial charge in [-0.2, -0.15) is 0 Å². The van der Waals surface area contributed by atoms with E-state index in [-0.39, 0.29) is 11.9 Å². The highest BCUT2D eigenvalue weighted by molar-refractivity contribution is 7.09. The summed E-state index contributed by atoms with van der Waals surface area (Å²) in [4.78, 5) is 4.38. The highest BCUT2D eigenvalue weighted by atomic mass is 35.5. The molecule has 1 atom stereocenters. The number of hydrazine groups is 1. The van der Waals surface area contributed by atoms with Gasteiger partial charge in [-0.1, -0.05) is 17.7 Å². The van der Waals surface area contributed by atoms with E-state index in [0.29, 0.717) is 23.4 Å². The van der Waals surface area contributed by atoms with Gasteiger partial charge >= 0.3 is 0 Å². The molecule has 2 aromatic rings. The van der Waals surface area contributed by atoms with Crippen LogP contribution in [0.1, 0.15) is 16.3 Å². The number of nitrogens with two attached hydrogens (primary N) is 1. The van der Waals surface area contributed by atoms with Crippen molar-refractivity contribution in [2.75, 3.05) is 0 Å². The van der Waals surface area contributed by atoms with Gasteiger partial charge in [0.25, 0.3) is 0 Å². The molecule has 1 aromatic carbocycles. The monoisotopic (exact) mass is 299 g/mol. The quantitative estimate of drug-likeness (QED) is 0.659. The van der Waals surface area contributed by atoms with Crippen LogP contribution < -0.4 is 11.3 Å². The fourth-order valence-corrected chi connectivity index (χ4v) is 2.96. The Morgan fingerprint density at radius 3 is 2.84 bits per heavy atom. The SMILES string of the molecule is Cc1csc(CC(Cc2c(F)cccc2Cl)NN)n1. The lowest BCUT2D eigenvalue weighted by molar-refractivity contribution is 0.505. The molecule has 0 fully saturated rings. The Morgan fingerprint density at radius 1 is 1.47 bits per heavy atom. The Bertz CT molecular complexity index is 538. The molecule has 3 N–H and O–H groups in total. The molecule has 0 amide bonds. The number of aryl methyl sites for hydroxylation is 1. The Hall–Kier alpha value is -1.01. The summed E-state index contributed by atoms with van der Waals surface area (Å²) in [5.74, 6) is 5.23. The van der Waals surface area contributed by atoms with Crippen molar-refractivity contribution in [2.45, 2.75) is 25.8 Å². The predicted molar refractivity (Wildman–Crippen MR) is 76.8 cm³/mol. The molecule has 1 unspecified atom stereocenters. The van der Waals surface area contributed by atoms with Crippen LogP contribution >= 0.6 is 22.9 Å².